The number of benzene rings is 3. The van der Waals surface area contributed by atoms with Crippen molar-refractivity contribution in [3.63, 3.8) is 0 Å². The van der Waals surface area contributed by atoms with E-state index in [0.717, 1.165) is 27.6 Å². The monoisotopic (exact) mass is 361 g/mol. The molecular formula is C23H23NO3. The van der Waals surface area contributed by atoms with Crippen molar-refractivity contribution >= 4 is 16.9 Å². The second-order valence-electron chi connectivity index (χ2n) is 6.24. The fourth-order valence-electron chi connectivity index (χ4n) is 3.10. The van der Waals surface area contributed by atoms with Crippen molar-refractivity contribution in [2.45, 2.75) is 19.6 Å². The summed E-state index contributed by atoms with van der Waals surface area (Å²) in [6.07, 6.45) is 1.09. The third-order valence-electron chi connectivity index (χ3n) is 4.62. The molecule has 0 aliphatic rings. The Morgan fingerprint density at radius 2 is 1.78 bits per heavy atom. The van der Waals surface area contributed by atoms with Crippen LogP contribution in [0, 0.1) is 0 Å². The molecule has 0 fully saturated rings. The van der Waals surface area contributed by atoms with Crippen LogP contribution in [0.5, 0.6) is 5.75 Å². The molecule has 3 aromatic carbocycles. The Morgan fingerprint density at radius 3 is 2.48 bits per heavy atom. The lowest BCUT2D eigenvalue weighted by atomic mass is 9.99. The van der Waals surface area contributed by atoms with Crippen molar-refractivity contribution in [1.29, 1.82) is 0 Å². The fourth-order valence-corrected chi connectivity index (χ4v) is 3.10. The van der Waals surface area contributed by atoms with Crippen molar-refractivity contribution in [2.24, 2.45) is 0 Å². The molecule has 0 aliphatic carbocycles. The minimum Gasteiger partial charge on any atom is -0.497 e. The van der Waals surface area contributed by atoms with Crippen LogP contribution in [0.3, 0.4) is 0 Å². The lowest BCUT2D eigenvalue weighted by Crippen LogP contribution is -2.29. The normalized spacial score (nSPS) is 11.6. The van der Waals surface area contributed by atoms with E-state index < -0.39 is 6.09 Å². The number of amides is 1. The van der Waals surface area contributed by atoms with Gasteiger partial charge in [0.1, 0.15) is 12.4 Å². The number of nitrogens with zero attached hydrogens (tertiary/aromatic N) is 1. The topological polar surface area (TPSA) is 38.8 Å². The predicted molar refractivity (Wildman–Crippen MR) is 108 cm³/mol. The number of methoxy groups -OCH3 is 1. The molecule has 0 radical (unpaired) electrons. The highest BCUT2D eigenvalue weighted by Gasteiger charge is 2.22. The third-order valence-corrected chi connectivity index (χ3v) is 4.62. The fraction of sp³-hybridized carbons (Fsp3) is 0.174. The maximum absolute atomic E-state index is 12.6. The van der Waals surface area contributed by atoms with Gasteiger partial charge in [-0.1, -0.05) is 61.2 Å². The average molecular weight is 361 g/mol. The number of rotatable bonds is 6. The van der Waals surface area contributed by atoms with E-state index >= 15 is 0 Å². The summed E-state index contributed by atoms with van der Waals surface area (Å²) in [5, 5.41) is 2.25. The molecule has 0 spiro atoms. The maximum Gasteiger partial charge on any atom is 0.414 e. The highest BCUT2D eigenvalue weighted by Crippen LogP contribution is 2.28. The first-order valence-corrected chi connectivity index (χ1v) is 8.82. The van der Waals surface area contributed by atoms with E-state index in [2.05, 4.69) is 24.8 Å². The summed E-state index contributed by atoms with van der Waals surface area (Å²) in [5.41, 5.74) is 1.94. The molecule has 0 saturated heterocycles. The lowest BCUT2D eigenvalue weighted by Gasteiger charge is -2.26. The van der Waals surface area contributed by atoms with Crippen molar-refractivity contribution in [3.05, 3.63) is 90.6 Å². The van der Waals surface area contributed by atoms with Crippen LogP contribution in [0.4, 0.5) is 4.79 Å². The van der Waals surface area contributed by atoms with Gasteiger partial charge in [-0.25, -0.2) is 4.79 Å². The molecule has 0 bridgehead atoms. The number of carbonyl (C=O) groups is 1. The minimum atomic E-state index is -0.429. The van der Waals surface area contributed by atoms with Crippen LogP contribution in [0.2, 0.25) is 0 Å². The van der Waals surface area contributed by atoms with E-state index in [1.54, 1.807) is 7.11 Å². The minimum absolute atomic E-state index is 0.190. The Bertz CT molecular complexity index is 929. The summed E-state index contributed by atoms with van der Waals surface area (Å²) >= 11 is 0. The highest BCUT2D eigenvalue weighted by molar-refractivity contribution is 5.86. The SMILES string of the molecule is C=CN(C(=O)OCc1ccc(OC)cc1)[C@@H](C)c1cccc2ccccc12. The molecule has 1 amide bonds. The van der Waals surface area contributed by atoms with Gasteiger partial charge >= 0.3 is 6.09 Å². The molecule has 0 aliphatic heterocycles. The molecule has 138 valence electrons. The quantitative estimate of drug-likeness (QED) is 0.566. The summed E-state index contributed by atoms with van der Waals surface area (Å²) in [6, 6.07) is 21.4. The van der Waals surface area contributed by atoms with Gasteiger partial charge in [0.05, 0.1) is 13.2 Å². The second kappa shape index (κ2) is 8.41. The van der Waals surface area contributed by atoms with Gasteiger partial charge in [0.2, 0.25) is 0 Å². The Balaban J connectivity index is 1.74. The van der Waals surface area contributed by atoms with Crippen LogP contribution in [0.15, 0.2) is 79.5 Å². The van der Waals surface area contributed by atoms with Crippen molar-refractivity contribution < 1.29 is 14.3 Å². The van der Waals surface area contributed by atoms with E-state index in [0.29, 0.717) is 0 Å². The summed E-state index contributed by atoms with van der Waals surface area (Å²) in [5.74, 6) is 0.766. The number of ether oxygens (including phenoxy) is 2. The zero-order valence-corrected chi connectivity index (χ0v) is 15.6. The number of hydrogen-bond donors (Lipinski definition) is 0. The second-order valence-corrected chi connectivity index (χ2v) is 6.24. The van der Waals surface area contributed by atoms with E-state index in [9.17, 15) is 4.79 Å². The van der Waals surface area contributed by atoms with Crippen LogP contribution in [0.1, 0.15) is 24.1 Å². The molecule has 0 saturated carbocycles. The zero-order chi connectivity index (χ0) is 19.2. The molecule has 3 rings (SSSR count). The molecule has 3 aromatic rings. The number of fused-ring (bicyclic) bond motifs is 1. The van der Waals surface area contributed by atoms with E-state index in [1.807, 2.05) is 55.5 Å². The van der Waals surface area contributed by atoms with Gasteiger partial charge in [0.25, 0.3) is 0 Å². The molecule has 1 atom stereocenters. The molecule has 4 nitrogen and oxygen atoms in total. The van der Waals surface area contributed by atoms with Crippen molar-refractivity contribution in [2.75, 3.05) is 7.11 Å². The largest absolute Gasteiger partial charge is 0.497 e. The van der Waals surface area contributed by atoms with Crippen molar-refractivity contribution in [1.82, 2.24) is 4.90 Å². The average Bonchev–Trinajstić information content (AvgIpc) is 2.72. The van der Waals surface area contributed by atoms with Crippen molar-refractivity contribution in [3.8, 4) is 5.75 Å². The molecule has 0 heterocycles. The van der Waals surface area contributed by atoms with E-state index in [-0.39, 0.29) is 12.6 Å². The maximum atomic E-state index is 12.6. The smallest absolute Gasteiger partial charge is 0.414 e. The first kappa shape index (κ1) is 18.5. The van der Waals surface area contributed by atoms with Gasteiger partial charge in [-0.15, -0.1) is 0 Å². The Morgan fingerprint density at radius 1 is 1.07 bits per heavy atom. The third kappa shape index (κ3) is 4.11. The van der Waals surface area contributed by atoms with Crippen LogP contribution in [-0.2, 0) is 11.3 Å². The van der Waals surface area contributed by atoms with Crippen LogP contribution in [0.25, 0.3) is 10.8 Å². The van der Waals surface area contributed by atoms with E-state index in [1.165, 1.54) is 11.1 Å². The Labute approximate surface area is 159 Å². The van der Waals surface area contributed by atoms with Crippen LogP contribution < -0.4 is 4.74 Å². The van der Waals surface area contributed by atoms with Crippen LogP contribution >= 0.6 is 0 Å². The summed E-state index contributed by atoms with van der Waals surface area (Å²) in [7, 11) is 1.62. The molecular weight excluding hydrogens is 338 g/mol. The zero-order valence-electron chi connectivity index (χ0n) is 15.6. The summed E-state index contributed by atoms with van der Waals surface area (Å²) in [6.45, 7) is 5.96. The van der Waals surface area contributed by atoms with Gasteiger partial charge < -0.3 is 9.47 Å². The first-order valence-electron chi connectivity index (χ1n) is 8.82. The van der Waals surface area contributed by atoms with Crippen LogP contribution in [-0.4, -0.2) is 18.1 Å². The Kier molecular flexibility index (Phi) is 5.77. The molecule has 0 aromatic heterocycles. The standard InChI is InChI=1S/C23H23NO3/c1-4-24(23(25)27-16-18-12-14-20(26-3)15-13-18)17(2)21-11-7-9-19-8-5-6-10-22(19)21/h4-15,17H,1,16H2,2-3H3/t17-/m0/s1. The van der Waals surface area contributed by atoms with E-state index in [4.69, 9.17) is 9.47 Å². The molecule has 0 N–H and O–H groups in total. The van der Waals surface area contributed by atoms with Gasteiger partial charge in [0, 0.05) is 6.20 Å². The summed E-state index contributed by atoms with van der Waals surface area (Å²) in [4.78, 5) is 14.1. The van der Waals surface area contributed by atoms with Gasteiger partial charge in [-0.2, -0.15) is 0 Å². The first-order chi connectivity index (χ1) is 13.1. The summed E-state index contributed by atoms with van der Waals surface area (Å²) < 4.78 is 10.6. The molecule has 4 heteroatoms. The predicted octanol–water partition coefficient (Wildman–Crippen LogP) is 5.69. The number of hydrogen-bond acceptors (Lipinski definition) is 3. The van der Waals surface area contributed by atoms with Gasteiger partial charge in [0.15, 0.2) is 0 Å². The Hall–Kier alpha value is -3.27. The molecule has 27 heavy (non-hydrogen) atoms. The van der Waals surface area contributed by atoms with Gasteiger partial charge in [-0.05, 0) is 41.0 Å². The molecule has 0 unspecified atom stereocenters. The highest BCUT2D eigenvalue weighted by atomic mass is 16.6. The number of carbonyl (C=O) groups excluding carboxylic acids is 1. The van der Waals surface area contributed by atoms with Gasteiger partial charge in [-0.3, -0.25) is 4.90 Å². The lowest BCUT2D eigenvalue weighted by molar-refractivity contribution is 0.101.